The van der Waals surface area contributed by atoms with E-state index in [0.717, 1.165) is 12.8 Å². The van der Waals surface area contributed by atoms with Crippen LogP contribution in [0.15, 0.2) is 23.1 Å². The topological polar surface area (TPSA) is 41.1 Å². The normalized spacial score (nSPS) is 18.6. The van der Waals surface area contributed by atoms with Crippen molar-refractivity contribution in [3.8, 4) is 0 Å². The van der Waals surface area contributed by atoms with Crippen LogP contribution in [0.2, 0.25) is 0 Å². The highest BCUT2D eigenvalue weighted by Crippen LogP contribution is 2.30. The summed E-state index contributed by atoms with van der Waals surface area (Å²) in [6.45, 7) is 0.622. The average molecular weight is 290 g/mol. The molecule has 20 heavy (non-hydrogen) atoms. The first-order chi connectivity index (χ1) is 9.81. The zero-order valence-electron chi connectivity index (χ0n) is 11.8. The van der Waals surface area contributed by atoms with Gasteiger partial charge >= 0.3 is 6.03 Å². The zero-order valence-corrected chi connectivity index (χ0v) is 12.6. The van der Waals surface area contributed by atoms with E-state index in [0.29, 0.717) is 12.6 Å². The molecule has 1 heterocycles. The number of aryl methyl sites for hydroxylation is 1. The first-order valence-corrected chi connectivity index (χ1v) is 8.59. The van der Waals surface area contributed by atoms with Gasteiger partial charge in [-0.3, -0.25) is 0 Å². The van der Waals surface area contributed by atoms with Crippen molar-refractivity contribution < 1.29 is 4.79 Å². The molecule has 1 fully saturated rings. The number of carbonyl (C=O) groups excluding carboxylic acids is 1. The molecule has 1 aromatic rings. The standard InChI is InChI=1S/C16H22N2OS/c19-16(18-14-5-1-2-6-14)17-11-12-7-8-15-13(10-12)4-3-9-20-15/h7-8,10,14H,1-6,9,11H2,(H2,17,18,19). The first kappa shape index (κ1) is 13.8. The molecule has 1 saturated carbocycles. The van der Waals surface area contributed by atoms with E-state index in [-0.39, 0.29) is 6.03 Å². The van der Waals surface area contributed by atoms with E-state index in [4.69, 9.17) is 0 Å². The maximum atomic E-state index is 11.8. The Bertz CT molecular complexity index is 483. The minimum absolute atomic E-state index is 0.0241. The van der Waals surface area contributed by atoms with Gasteiger partial charge in [0.15, 0.2) is 0 Å². The maximum Gasteiger partial charge on any atom is 0.315 e. The van der Waals surface area contributed by atoms with Gasteiger partial charge in [0.25, 0.3) is 0 Å². The molecule has 0 spiro atoms. The molecule has 0 saturated heterocycles. The van der Waals surface area contributed by atoms with Gasteiger partial charge in [-0.2, -0.15) is 0 Å². The van der Waals surface area contributed by atoms with Crippen molar-refractivity contribution in [2.24, 2.45) is 0 Å². The van der Waals surface area contributed by atoms with Gasteiger partial charge in [0.2, 0.25) is 0 Å². The molecule has 0 atom stereocenters. The predicted molar refractivity (Wildman–Crippen MR) is 83.1 cm³/mol. The Morgan fingerprint density at radius 2 is 2.10 bits per heavy atom. The molecule has 0 bridgehead atoms. The minimum Gasteiger partial charge on any atom is -0.335 e. The molecule has 3 rings (SSSR count). The van der Waals surface area contributed by atoms with Gasteiger partial charge in [0.05, 0.1) is 0 Å². The van der Waals surface area contributed by atoms with Crippen LogP contribution in [-0.2, 0) is 13.0 Å². The summed E-state index contributed by atoms with van der Waals surface area (Å²) < 4.78 is 0. The number of nitrogens with one attached hydrogen (secondary N) is 2. The second kappa shape index (κ2) is 6.53. The van der Waals surface area contributed by atoms with E-state index in [2.05, 4.69) is 28.8 Å². The van der Waals surface area contributed by atoms with Gasteiger partial charge in [0.1, 0.15) is 0 Å². The van der Waals surface area contributed by atoms with E-state index < -0.39 is 0 Å². The van der Waals surface area contributed by atoms with Gasteiger partial charge in [-0.1, -0.05) is 25.0 Å². The highest BCUT2D eigenvalue weighted by molar-refractivity contribution is 7.99. The number of fused-ring (bicyclic) bond motifs is 1. The molecule has 0 unspecified atom stereocenters. The van der Waals surface area contributed by atoms with Crippen LogP contribution in [0.4, 0.5) is 4.79 Å². The molecule has 0 aromatic heterocycles. The van der Waals surface area contributed by atoms with Crippen molar-refractivity contribution in [1.82, 2.24) is 10.6 Å². The molecule has 1 aliphatic heterocycles. The lowest BCUT2D eigenvalue weighted by Crippen LogP contribution is -2.40. The van der Waals surface area contributed by atoms with E-state index in [9.17, 15) is 4.79 Å². The summed E-state index contributed by atoms with van der Waals surface area (Å²) in [5.41, 5.74) is 2.64. The van der Waals surface area contributed by atoms with Crippen LogP contribution in [0, 0.1) is 0 Å². The van der Waals surface area contributed by atoms with Crippen molar-refractivity contribution in [2.45, 2.75) is 56.0 Å². The third-order valence-electron chi connectivity index (χ3n) is 4.12. The molecule has 4 heteroatoms. The predicted octanol–water partition coefficient (Wildman–Crippen LogP) is 3.47. The fourth-order valence-electron chi connectivity index (χ4n) is 3.01. The molecule has 1 aliphatic carbocycles. The Hall–Kier alpha value is -1.16. The second-order valence-corrected chi connectivity index (χ2v) is 6.84. The summed E-state index contributed by atoms with van der Waals surface area (Å²) in [6.07, 6.45) is 7.18. The van der Waals surface area contributed by atoms with Crippen LogP contribution in [0.1, 0.15) is 43.2 Å². The fourth-order valence-corrected chi connectivity index (χ4v) is 4.03. The van der Waals surface area contributed by atoms with Gasteiger partial charge in [0, 0.05) is 17.5 Å². The summed E-state index contributed by atoms with van der Waals surface area (Å²) in [7, 11) is 0. The third-order valence-corrected chi connectivity index (χ3v) is 5.32. The Kier molecular flexibility index (Phi) is 4.51. The molecular formula is C16H22N2OS. The van der Waals surface area contributed by atoms with E-state index in [1.165, 1.54) is 47.5 Å². The van der Waals surface area contributed by atoms with Crippen molar-refractivity contribution in [3.63, 3.8) is 0 Å². The highest BCUT2D eigenvalue weighted by Gasteiger charge is 2.16. The smallest absolute Gasteiger partial charge is 0.315 e. The number of carbonyl (C=O) groups is 1. The third kappa shape index (κ3) is 3.48. The Labute approximate surface area is 124 Å². The average Bonchev–Trinajstić information content (AvgIpc) is 2.98. The number of hydrogen-bond acceptors (Lipinski definition) is 2. The van der Waals surface area contributed by atoms with Gasteiger partial charge < -0.3 is 10.6 Å². The molecular weight excluding hydrogens is 268 g/mol. The number of rotatable bonds is 3. The number of thioether (sulfide) groups is 1. The molecule has 2 N–H and O–H groups in total. The molecule has 2 amide bonds. The summed E-state index contributed by atoms with van der Waals surface area (Å²) in [6, 6.07) is 6.94. The summed E-state index contributed by atoms with van der Waals surface area (Å²) >= 11 is 1.94. The number of amides is 2. The maximum absolute atomic E-state index is 11.8. The highest BCUT2D eigenvalue weighted by atomic mass is 32.2. The minimum atomic E-state index is -0.0241. The lowest BCUT2D eigenvalue weighted by molar-refractivity contribution is 0.236. The Balaban J connectivity index is 1.51. The Morgan fingerprint density at radius 3 is 2.95 bits per heavy atom. The summed E-state index contributed by atoms with van der Waals surface area (Å²) in [5.74, 6) is 1.23. The van der Waals surface area contributed by atoms with Gasteiger partial charge in [-0.25, -0.2) is 4.79 Å². The summed E-state index contributed by atoms with van der Waals surface area (Å²) in [5, 5.41) is 6.03. The van der Waals surface area contributed by atoms with Crippen LogP contribution >= 0.6 is 11.8 Å². The second-order valence-electron chi connectivity index (χ2n) is 5.70. The van der Waals surface area contributed by atoms with Crippen molar-refractivity contribution in [3.05, 3.63) is 29.3 Å². The monoisotopic (exact) mass is 290 g/mol. The first-order valence-electron chi connectivity index (χ1n) is 7.60. The van der Waals surface area contributed by atoms with E-state index in [1.807, 2.05) is 11.8 Å². The zero-order chi connectivity index (χ0) is 13.8. The largest absolute Gasteiger partial charge is 0.335 e. The van der Waals surface area contributed by atoms with Crippen LogP contribution in [0.3, 0.4) is 0 Å². The quantitative estimate of drug-likeness (QED) is 0.895. The van der Waals surface area contributed by atoms with Crippen LogP contribution in [0.25, 0.3) is 0 Å². The van der Waals surface area contributed by atoms with Gasteiger partial charge in [-0.15, -0.1) is 11.8 Å². The molecule has 108 valence electrons. The lowest BCUT2D eigenvalue weighted by atomic mass is 10.1. The van der Waals surface area contributed by atoms with Gasteiger partial charge in [-0.05, 0) is 48.6 Å². The number of hydrogen-bond donors (Lipinski definition) is 2. The Morgan fingerprint density at radius 1 is 1.25 bits per heavy atom. The van der Waals surface area contributed by atoms with Crippen LogP contribution < -0.4 is 10.6 Å². The molecule has 2 aliphatic rings. The molecule has 1 aromatic carbocycles. The van der Waals surface area contributed by atoms with Crippen LogP contribution in [0.5, 0.6) is 0 Å². The van der Waals surface area contributed by atoms with Crippen molar-refractivity contribution >= 4 is 17.8 Å². The van der Waals surface area contributed by atoms with Crippen molar-refractivity contribution in [2.75, 3.05) is 5.75 Å². The molecule has 0 radical (unpaired) electrons. The van der Waals surface area contributed by atoms with Crippen LogP contribution in [-0.4, -0.2) is 17.8 Å². The number of urea groups is 1. The van der Waals surface area contributed by atoms with E-state index >= 15 is 0 Å². The summed E-state index contributed by atoms with van der Waals surface area (Å²) in [4.78, 5) is 13.2. The fraction of sp³-hybridized carbons (Fsp3) is 0.562. The number of benzene rings is 1. The SMILES string of the molecule is O=C(NCc1ccc2c(c1)CCCS2)NC1CCCC1. The molecule has 3 nitrogen and oxygen atoms in total. The van der Waals surface area contributed by atoms with Crippen molar-refractivity contribution in [1.29, 1.82) is 0 Å². The lowest BCUT2D eigenvalue weighted by Gasteiger charge is -2.17. The van der Waals surface area contributed by atoms with E-state index in [1.54, 1.807) is 0 Å².